The number of esters is 1. The summed E-state index contributed by atoms with van der Waals surface area (Å²) in [4.78, 5) is 19.3. The number of aliphatic hydroxyl groups excluding tert-OH is 1. The predicted octanol–water partition coefficient (Wildman–Crippen LogP) is 5.09. The van der Waals surface area contributed by atoms with Crippen LogP contribution in [0.4, 0.5) is 0 Å². The van der Waals surface area contributed by atoms with Crippen LogP contribution < -0.4 is 0 Å². The lowest BCUT2D eigenvalue weighted by Crippen LogP contribution is -2.59. The third kappa shape index (κ3) is 6.27. The van der Waals surface area contributed by atoms with Gasteiger partial charge in [-0.2, -0.15) is 0 Å². The van der Waals surface area contributed by atoms with E-state index in [9.17, 15) is 15.0 Å². The molecule has 0 aromatic carbocycles. The molecule has 0 unspecified atom stereocenters. The van der Waals surface area contributed by atoms with Gasteiger partial charge in [-0.3, -0.25) is 4.79 Å². The number of nitrogens with zero attached hydrogens (tertiary/aromatic N) is 1. The highest BCUT2D eigenvalue weighted by Gasteiger charge is 2.60. The number of aliphatic hydroxyl groups is 2. The van der Waals surface area contributed by atoms with Gasteiger partial charge in [0, 0.05) is 25.2 Å². The molecular weight excluding hydrogens is 562 g/mol. The molecule has 9 nitrogen and oxygen atoms in total. The Morgan fingerprint density at radius 2 is 1.98 bits per heavy atom. The van der Waals surface area contributed by atoms with Crippen molar-refractivity contribution in [1.82, 2.24) is 0 Å². The van der Waals surface area contributed by atoms with E-state index in [1.807, 2.05) is 32.1 Å². The molecule has 1 aliphatic carbocycles. The second-order valence-corrected chi connectivity index (χ2v) is 13.4. The second kappa shape index (κ2) is 13.0. The molecule has 0 amide bonds. The van der Waals surface area contributed by atoms with Crippen LogP contribution in [0.25, 0.3) is 0 Å². The number of oxime groups is 1. The summed E-state index contributed by atoms with van der Waals surface area (Å²) in [7, 11) is 1.54. The second-order valence-electron chi connectivity index (χ2n) is 13.4. The zero-order valence-corrected chi connectivity index (χ0v) is 27.1. The lowest BCUT2D eigenvalue weighted by atomic mass is 9.71. The normalized spacial score (nSPS) is 44.7. The molecule has 1 spiro atoms. The molecule has 0 radical (unpaired) electrons. The van der Waals surface area contributed by atoms with Crippen LogP contribution in [0.2, 0.25) is 0 Å². The highest BCUT2D eigenvalue weighted by molar-refractivity contribution is 5.88. The minimum Gasteiger partial charge on any atom is -0.462 e. The van der Waals surface area contributed by atoms with Gasteiger partial charge in [-0.05, 0) is 63.2 Å². The van der Waals surface area contributed by atoms with Gasteiger partial charge in [0.1, 0.15) is 36.9 Å². The molecule has 0 aromatic heterocycles. The van der Waals surface area contributed by atoms with E-state index in [0.29, 0.717) is 36.8 Å². The minimum atomic E-state index is -1.73. The maximum absolute atomic E-state index is 14.1. The van der Waals surface area contributed by atoms with Crippen LogP contribution >= 0.6 is 0 Å². The number of hydrogen-bond acceptors (Lipinski definition) is 9. The molecule has 5 rings (SSSR count). The average molecular weight is 612 g/mol. The topological polar surface area (TPSA) is 116 Å². The van der Waals surface area contributed by atoms with Gasteiger partial charge < -0.3 is 34.0 Å². The van der Waals surface area contributed by atoms with Gasteiger partial charge in [-0.25, -0.2) is 0 Å². The van der Waals surface area contributed by atoms with Crippen molar-refractivity contribution in [3.05, 3.63) is 58.7 Å². The van der Waals surface area contributed by atoms with Crippen molar-refractivity contribution in [1.29, 1.82) is 0 Å². The first kappa shape index (κ1) is 32.8. The van der Waals surface area contributed by atoms with Gasteiger partial charge in [0.05, 0.1) is 24.5 Å². The van der Waals surface area contributed by atoms with Crippen molar-refractivity contribution in [2.75, 3.05) is 13.7 Å². The summed E-state index contributed by atoms with van der Waals surface area (Å²) in [5.74, 6) is -2.46. The maximum Gasteiger partial charge on any atom is 0.316 e. The monoisotopic (exact) mass is 611 g/mol. The van der Waals surface area contributed by atoms with Crippen LogP contribution in [0.1, 0.15) is 73.6 Å². The van der Waals surface area contributed by atoms with E-state index in [4.69, 9.17) is 23.8 Å². The molecule has 4 aliphatic heterocycles. The van der Waals surface area contributed by atoms with E-state index in [1.165, 1.54) is 12.7 Å². The number of carbonyl (C=O) groups excluding carboxylic acids is 1. The van der Waals surface area contributed by atoms with Crippen molar-refractivity contribution in [2.45, 2.75) is 116 Å². The SMILES string of the molecule is C/C=C(\C)[C@H]1O[C@]2(C/C(=N\OC)[C@@H]1C)C[C@@H]1C[C@@H](C/C=C(/C)C[C@@H](C)/C=C\C=C3CO[C@@H]4[C@H](O)C(C)=C[C@@H](C(=O)O1)[C@]34O)O2. The standard InChI is InChI=1S/C35H49NO8/c1-8-22(4)31-24(6)29(36-40-7)18-34(44-31)17-27-16-26(43-34)13-12-21(3)14-20(2)10-9-11-25-19-41-32-30(37)23(5)15-28(33(38)42-27)35(25,32)39/h8-12,15,20,24,26-28,30-32,37,39H,13-14,16-19H2,1-7H3/b10-9-,21-12-,22-8+,25-11?,36-29+/t20-,24-,26+,27-,28-,30+,31+,32+,34-,35+/m0/s1. The summed E-state index contributed by atoms with van der Waals surface area (Å²) in [6.07, 6.45) is 11.3. The number of carbonyl (C=O) groups is 1. The Bertz CT molecular complexity index is 1300. The van der Waals surface area contributed by atoms with E-state index in [-0.39, 0.29) is 30.7 Å². The molecule has 4 heterocycles. The lowest BCUT2D eigenvalue weighted by molar-refractivity contribution is -0.313. The highest BCUT2D eigenvalue weighted by Crippen LogP contribution is 2.47. The number of ether oxygens (including phenoxy) is 4. The first-order chi connectivity index (χ1) is 20.9. The van der Waals surface area contributed by atoms with E-state index in [0.717, 1.165) is 17.7 Å². The van der Waals surface area contributed by atoms with Crippen molar-refractivity contribution in [3.8, 4) is 0 Å². The van der Waals surface area contributed by atoms with Gasteiger partial charge in [0.2, 0.25) is 0 Å². The van der Waals surface area contributed by atoms with Crippen LogP contribution in [0.5, 0.6) is 0 Å². The Hall–Kier alpha value is -2.56. The van der Waals surface area contributed by atoms with Gasteiger partial charge >= 0.3 is 5.97 Å². The largest absolute Gasteiger partial charge is 0.462 e. The quantitative estimate of drug-likeness (QED) is 0.252. The Morgan fingerprint density at radius 3 is 2.70 bits per heavy atom. The summed E-state index contributed by atoms with van der Waals surface area (Å²) in [6.45, 7) is 12.2. The van der Waals surface area contributed by atoms with Crippen LogP contribution in [0.3, 0.4) is 0 Å². The van der Waals surface area contributed by atoms with E-state index < -0.39 is 41.6 Å². The Balaban J connectivity index is 1.55. The van der Waals surface area contributed by atoms with Gasteiger partial charge in [-0.1, -0.05) is 61.0 Å². The zero-order valence-electron chi connectivity index (χ0n) is 27.1. The zero-order chi connectivity index (χ0) is 31.8. The molecule has 2 bridgehead atoms. The number of hydrogen-bond donors (Lipinski definition) is 2. The Kier molecular flexibility index (Phi) is 9.73. The third-order valence-electron chi connectivity index (χ3n) is 10.0. The van der Waals surface area contributed by atoms with Crippen molar-refractivity contribution < 1.29 is 38.8 Å². The summed E-state index contributed by atoms with van der Waals surface area (Å²) < 4.78 is 25.8. The molecule has 9 heteroatoms. The molecule has 0 aromatic rings. The molecule has 242 valence electrons. The molecule has 44 heavy (non-hydrogen) atoms. The highest BCUT2D eigenvalue weighted by atomic mass is 16.7. The maximum atomic E-state index is 14.1. The fourth-order valence-electron chi connectivity index (χ4n) is 7.48. The van der Waals surface area contributed by atoms with E-state index >= 15 is 0 Å². The molecular formula is C35H49NO8. The van der Waals surface area contributed by atoms with Crippen LogP contribution in [-0.4, -0.2) is 77.5 Å². The Labute approximate surface area is 261 Å². The van der Waals surface area contributed by atoms with E-state index in [1.54, 1.807) is 13.0 Å². The molecule has 0 saturated carbocycles. The summed E-state index contributed by atoms with van der Waals surface area (Å²) in [6, 6.07) is 0. The van der Waals surface area contributed by atoms with Crippen molar-refractivity contribution >= 4 is 11.7 Å². The first-order valence-corrected chi connectivity index (χ1v) is 15.9. The van der Waals surface area contributed by atoms with Crippen molar-refractivity contribution in [2.24, 2.45) is 22.9 Å². The average Bonchev–Trinajstić information content (AvgIpc) is 3.31. The van der Waals surface area contributed by atoms with Crippen molar-refractivity contribution in [3.63, 3.8) is 0 Å². The predicted molar refractivity (Wildman–Crippen MR) is 167 cm³/mol. The Morgan fingerprint density at radius 1 is 1.20 bits per heavy atom. The first-order valence-electron chi connectivity index (χ1n) is 15.9. The fourth-order valence-corrected chi connectivity index (χ4v) is 7.48. The molecule has 5 aliphatic rings. The van der Waals surface area contributed by atoms with Gasteiger partial charge in [0.25, 0.3) is 0 Å². The molecule has 10 atom stereocenters. The smallest absolute Gasteiger partial charge is 0.316 e. The summed E-state index contributed by atoms with van der Waals surface area (Å²) in [5.41, 5.74) is 2.51. The molecule has 3 fully saturated rings. The fraction of sp³-hybridized carbons (Fsp3) is 0.657. The third-order valence-corrected chi connectivity index (χ3v) is 10.0. The van der Waals surface area contributed by atoms with Gasteiger partial charge in [-0.15, -0.1) is 0 Å². The summed E-state index contributed by atoms with van der Waals surface area (Å²) in [5, 5.41) is 27.5. The molecule has 2 N–H and O–H groups in total. The van der Waals surface area contributed by atoms with Crippen LogP contribution in [-0.2, 0) is 28.6 Å². The number of allylic oxidation sites excluding steroid dienone is 5. The number of fused-ring (bicyclic) bond motifs is 2. The van der Waals surface area contributed by atoms with E-state index in [2.05, 4.69) is 38.1 Å². The van der Waals surface area contributed by atoms with Crippen LogP contribution in [0.15, 0.2) is 63.9 Å². The van der Waals surface area contributed by atoms with Crippen LogP contribution in [0, 0.1) is 17.8 Å². The minimum absolute atomic E-state index is 0.0236. The molecule has 3 saturated heterocycles. The lowest BCUT2D eigenvalue weighted by Gasteiger charge is -2.50. The summed E-state index contributed by atoms with van der Waals surface area (Å²) >= 11 is 0. The van der Waals surface area contributed by atoms with Gasteiger partial charge in [0.15, 0.2) is 5.79 Å². The number of rotatable bonds is 2.